The third kappa shape index (κ3) is 5.82. The molecule has 0 saturated carbocycles. The van der Waals surface area contributed by atoms with Gasteiger partial charge in [-0.2, -0.15) is 0 Å². The van der Waals surface area contributed by atoms with Crippen LogP contribution in [0.3, 0.4) is 0 Å². The van der Waals surface area contributed by atoms with Crippen LogP contribution in [-0.2, 0) is 14.3 Å². The Morgan fingerprint density at radius 2 is 1.65 bits per heavy atom. The van der Waals surface area contributed by atoms with Crippen LogP contribution < -0.4 is 15.4 Å². The van der Waals surface area contributed by atoms with Crippen molar-refractivity contribution in [3.05, 3.63) is 72.3 Å². The summed E-state index contributed by atoms with van der Waals surface area (Å²) in [6.45, 7) is 1.58. The van der Waals surface area contributed by atoms with Gasteiger partial charge in [0, 0.05) is 12.2 Å². The van der Waals surface area contributed by atoms with Gasteiger partial charge in [0.1, 0.15) is 5.75 Å². The van der Waals surface area contributed by atoms with Crippen LogP contribution in [-0.4, -0.2) is 37.5 Å². The second-order valence-electron chi connectivity index (χ2n) is 6.89. The highest BCUT2D eigenvalue weighted by molar-refractivity contribution is 5.98. The van der Waals surface area contributed by atoms with E-state index in [2.05, 4.69) is 10.6 Å². The van der Waals surface area contributed by atoms with Crippen LogP contribution in [0.25, 0.3) is 10.8 Å². The van der Waals surface area contributed by atoms with Gasteiger partial charge in [-0.3, -0.25) is 14.4 Å². The molecule has 0 aromatic heterocycles. The SMILES string of the molecule is COc1ccccc1C(=O)NCCC(=O)O[C@H](C)C(=O)Nc1ccc2ccccc2c1. The number of carbonyl (C=O) groups excluding carboxylic acids is 3. The summed E-state index contributed by atoms with van der Waals surface area (Å²) < 4.78 is 10.3. The number of benzene rings is 3. The van der Waals surface area contributed by atoms with Crippen LogP contribution in [0.5, 0.6) is 5.75 Å². The van der Waals surface area contributed by atoms with Gasteiger partial charge in [0.25, 0.3) is 11.8 Å². The van der Waals surface area contributed by atoms with Gasteiger partial charge in [-0.25, -0.2) is 0 Å². The lowest BCUT2D eigenvalue weighted by Crippen LogP contribution is -2.32. The molecule has 3 rings (SSSR count). The largest absolute Gasteiger partial charge is 0.496 e. The van der Waals surface area contributed by atoms with E-state index in [-0.39, 0.29) is 18.9 Å². The fraction of sp³-hybridized carbons (Fsp3) is 0.208. The third-order valence-corrected chi connectivity index (χ3v) is 4.66. The maximum absolute atomic E-state index is 12.3. The summed E-state index contributed by atoms with van der Waals surface area (Å²) in [7, 11) is 1.48. The Balaban J connectivity index is 1.46. The Labute approximate surface area is 180 Å². The first-order valence-corrected chi connectivity index (χ1v) is 9.88. The lowest BCUT2D eigenvalue weighted by atomic mass is 10.1. The van der Waals surface area contributed by atoms with Crippen molar-refractivity contribution in [3.63, 3.8) is 0 Å². The molecule has 0 fully saturated rings. The molecule has 0 unspecified atom stereocenters. The number of fused-ring (bicyclic) bond motifs is 1. The number of esters is 1. The molecular formula is C24H24N2O5. The fourth-order valence-electron chi connectivity index (χ4n) is 3.03. The first kappa shape index (κ1) is 21.8. The molecule has 0 heterocycles. The summed E-state index contributed by atoms with van der Waals surface area (Å²) in [5.74, 6) is -0.919. The highest BCUT2D eigenvalue weighted by Gasteiger charge is 2.18. The predicted octanol–water partition coefficient (Wildman–Crippen LogP) is 3.54. The predicted molar refractivity (Wildman–Crippen MR) is 118 cm³/mol. The summed E-state index contributed by atoms with van der Waals surface area (Å²) in [6.07, 6.45) is -1.03. The van der Waals surface area contributed by atoms with E-state index in [1.165, 1.54) is 14.0 Å². The zero-order chi connectivity index (χ0) is 22.2. The molecule has 0 aliphatic heterocycles. The Bertz CT molecular complexity index is 1100. The molecular weight excluding hydrogens is 396 g/mol. The molecule has 31 heavy (non-hydrogen) atoms. The van der Waals surface area contributed by atoms with Crippen molar-refractivity contribution in [1.82, 2.24) is 5.32 Å². The van der Waals surface area contributed by atoms with Crippen molar-refractivity contribution in [1.29, 1.82) is 0 Å². The highest BCUT2D eigenvalue weighted by Crippen LogP contribution is 2.19. The standard InChI is InChI=1S/C24H24N2O5/c1-16(23(28)26-19-12-11-17-7-3-4-8-18(17)15-19)31-22(27)13-14-25-24(29)20-9-5-6-10-21(20)30-2/h3-12,15-16H,13-14H2,1-2H3,(H,25,29)(H,26,28)/t16-/m1/s1. The van der Waals surface area contributed by atoms with Gasteiger partial charge in [0.2, 0.25) is 0 Å². The van der Waals surface area contributed by atoms with Crippen LogP contribution in [0.15, 0.2) is 66.7 Å². The lowest BCUT2D eigenvalue weighted by Gasteiger charge is -2.14. The molecule has 7 heteroatoms. The van der Waals surface area contributed by atoms with Gasteiger partial charge in [0.15, 0.2) is 6.10 Å². The number of anilines is 1. The lowest BCUT2D eigenvalue weighted by molar-refractivity contribution is -0.153. The number of methoxy groups -OCH3 is 1. The first-order chi connectivity index (χ1) is 15.0. The van der Waals surface area contributed by atoms with Gasteiger partial charge in [-0.05, 0) is 42.0 Å². The van der Waals surface area contributed by atoms with Gasteiger partial charge in [-0.1, -0.05) is 42.5 Å². The number of amides is 2. The van der Waals surface area contributed by atoms with E-state index in [1.807, 2.05) is 36.4 Å². The molecule has 1 atom stereocenters. The molecule has 3 aromatic rings. The molecule has 0 saturated heterocycles. The van der Waals surface area contributed by atoms with E-state index < -0.39 is 18.0 Å². The van der Waals surface area contributed by atoms with Crippen molar-refractivity contribution in [2.45, 2.75) is 19.4 Å². The second-order valence-corrected chi connectivity index (χ2v) is 6.89. The first-order valence-electron chi connectivity index (χ1n) is 9.88. The van der Waals surface area contributed by atoms with Crippen LogP contribution in [0, 0.1) is 0 Å². The fourth-order valence-corrected chi connectivity index (χ4v) is 3.03. The molecule has 0 aliphatic rings. The van der Waals surface area contributed by atoms with Crippen LogP contribution in [0.2, 0.25) is 0 Å². The van der Waals surface area contributed by atoms with Crippen LogP contribution in [0.1, 0.15) is 23.7 Å². The highest BCUT2D eigenvalue weighted by atomic mass is 16.5. The molecule has 0 spiro atoms. The average Bonchev–Trinajstić information content (AvgIpc) is 2.78. The molecule has 0 radical (unpaired) electrons. The Hall–Kier alpha value is -3.87. The molecule has 160 valence electrons. The minimum atomic E-state index is -0.969. The molecule has 0 aliphatic carbocycles. The van der Waals surface area contributed by atoms with Gasteiger partial charge in [0.05, 0.1) is 19.1 Å². The molecule has 3 aromatic carbocycles. The smallest absolute Gasteiger partial charge is 0.308 e. The summed E-state index contributed by atoms with van der Waals surface area (Å²) in [4.78, 5) is 36.6. The van der Waals surface area contributed by atoms with E-state index in [9.17, 15) is 14.4 Å². The van der Waals surface area contributed by atoms with Crippen molar-refractivity contribution in [2.24, 2.45) is 0 Å². The minimum Gasteiger partial charge on any atom is -0.496 e. The number of nitrogens with one attached hydrogen (secondary N) is 2. The van der Waals surface area contributed by atoms with Crippen LogP contribution in [0.4, 0.5) is 5.69 Å². The number of hydrogen-bond donors (Lipinski definition) is 2. The number of ether oxygens (including phenoxy) is 2. The normalized spacial score (nSPS) is 11.4. The molecule has 0 bridgehead atoms. The van der Waals surface area contributed by atoms with E-state index in [4.69, 9.17) is 9.47 Å². The van der Waals surface area contributed by atoms with Gasteiger partial charge in [-0.15, -0.1) is 0 Å². The number of carbonyl (C=O) groups is 3. The number of para-hydroxylation sites is 1. The summed E-state index contributed by atoms with van der Waals surface area (Å²) in [6, 6.07) is 20.2. The average molecular weight is 420 g/mol. The van der Waals surface area contributed by atoms with Crippen LogP contribution >= 0.6 is 0 Å². The van der Waals surface area contributed by atoms with Crippen molar-refractivity contribution in [2.75, 3.05) is 19.0 Å². The summed E-state index contributed by atoms with van der Waals surface area (Å²) >= 11 is 0. The quantitative estimate of drug-likeness (QED) is 0.544. The van der Waals surface area contributed by atoms with E-state index in [0.29, 0.717) is 17.0 Å². The zero-order valence-electron chi connectivity index (χ0n) is 17.4. The van der Waals surface area contributed by atoms with E-state index in [0.717, 1.165) is 10.8 Å². The maximum Gasteiger partial charge on any atom is 0.308 e. The zero-order valence-corrected chi connectivity index (χ0v) is 17.4. The number of hydrogen-bond acceptors (Lipinski definition) is 5. The van der Waals surface area contributed by atoms with Crippen molar-refractivity contribution in [3.8, 4) is 5.75 Å². The maximum atomic E-state index is 12.3. The topological polar surface area (TPSA) is 93.7 Å². The minimum absolute atomic E-state index is 0.0610. The van der Waals surface area contributed by atoms with E-state index in [1.54, 1.807) is 30.3 Å². The van der Waals surface area contributed by atoms with Crippen molar-refractivity contribution >= 4 is 34.2 Å². The number of rotatable bonds is 8. The van der Waals surface area contributed by atoms with Gasteiger partial charge >= 0.3 is 5.97 Å². The third-order valence-electron chi connectivity index (χ3n) is 4.66. The summed E-state index contributed by atoms with van der Waals surface area (Å²) in [5, 5.41) is 7.45. The molecule has 7 nitrogen and oxygen atoms in total. The molecule has 2 amide bonds. The second kappa shape index (κ2) is 10.2. The summed E-state index contributed by atoms with van der Waals surface area (Å²) in [5.41, 5.74) is 0.997. The van der Waals surface area contributed by atoms with Crippen molar-refractivity contribution < 1.29 is 23.9 Å². The Morgan fingerprint density at radius 1 is 0.935 bits per heavy atom. The van der Waals surface area contributed by atoms with Gasteiger partial charge < -0.3 is 20.1 Å². The van der Waals surface area contributed by atoms with E-state index >= 15 is 0 Å². The Kier molecular flexibility index (Phi) is 7.22. The molecule has 2 N–H and O–H groups in total. The monoisotopic (exact) mass is 420 g/mol. The Morgan fingerprint density at radius 3 is 2.42 bits per heavy atom.